The van der Waals surface area contributed by atoms with Crippen molar-refractivity contribution in [3.05, 3.63) is 46.1 Å². The van der Waals surface area contributed by atoms with Gasteiger partial charge in [-0.1, -0.05) is 0 Å². The second kappa shape index (κ2) is 10.0. The number of aromatic nitrogens is 5. The summed E-state index contributed by atoms with van der Waals surface area (Å²) in [6, 6.07) is 2.20. The molecule has 0 aliphatic carbocycles. The van der Waals surface area contributed by atoms with Gasteiger partial charge in [0.1, 0.15) is 5.82 Å². The van der Waals surface area contributed by atoms with Gasteiger partial charge in [-0.3, -0.25) is 14.3 Å². The first-order valence-electron chi connectivity index (χ1n) is 11.2. The van der Waals surface area contributed by atoms with Gasteiger partial charge in [0.25, 0.3) is 5.56 Å². The molecule has 3 aromatic rings. The van der Waals surface area contributed by atoms with Crippen LogP contribution < -0.4 is 10.5 Å². The van der Waals surface area contributed by atoms with Gasteiger partial charge in [-0.05, 0) is 26.0 Å². The molecule has 4 rings (SSSR count). The number of nitrogens with zero attached hydrogens (tertiary/aromatic N) is 6. The molecule has 3 aromatic heterocycles. The van der Waals surface area contributed by atoms with Crippen LogP contribution in [0.5, 0.6) is 0 Å². The summed E-state index contributed by atoms with van der Waals surface area (Å²) in [5, 5.41) is 11.2. The number of carbonyl (C=O) groups is 1. The predicted molar refractivity (Wildman–Crippen MR) is 121 cm³/mol. The number of alkyl halides is 3. The molecular formula is C22H26F3N7O3. The van der Waals surface area contributed by atoms with Crippen LogP contribution >= 0.6 is 0 Å². The maximum Gasteiger partial charge on any atom is 0.417 e. The number of piperazine rings is 1. The number of fused-ring (bicyclic) bond motifs is 1. The second-order valence-electron chi connectivity index (χ2n) is 8.43. The maximum atomic E-state index is 12.7. The molecule has 1 aliphatic heterocycles. The lowest BCUT2D eigenvalue weighted by molar-refractivity contribution is -0.138. The van der Waals surface area contributed by atoms with Gasteiger partial charge in [0, 0.05) is 32.4 Å². The van der Waals surface area contributed by atoms with E-state index in [4.69, 9.17) is 4.74 Å². The molecule has 1 unspecified atom stereocenters. The van der Waals surface area contributed by atoms with E-state index < -0.39 is 11.7 Å². The minimum atomic E-state index is -4.42. The van der Waals surface area contributed by atoms with Crippen LogP contribution in [0.4, 0.5) is 19.0 Å². The zero-order valence-electron chi connectivity index (χ0n) is 19.4. The third-order valence-corrected chi connectivity index (χ3v) is 5.97. The Balaban J connectivity index is 1.22. The topological polar surface area (TPSA) is 109 Å². The first kappa shape index (κ1) is 24.6. The Morgan fingerprint density at radius 3 is 2.60 bits per heavy atom. The highest BCUT2D eigenvalue weighted by Gasteiger charge is 2.31. The fourth-order valence-electron chi connectivity index (χ4n) is 4.08. The third-order valence-electron chi connectivity index (χ3n) is 5.97. The monoisotopic (exact) mass is 493 g/mol. The minimum Gasteiger partial charge on any atom is -0.379 e. The van der Waals surface area contributed by atoms with Crippen LogP contribution in [0.3, 0.4) is 0 Å². The van der Waals surface area contributed by atoms with Crippen LogP contribution in [0.2, 0.25) is 0 Å². The summed E-state index contributed by atoms with van der Waals surface area (Å²) in [7, 11) is 0. The number of nitrogens with one attached hydrogen (secondary N) is 1. The van der Waals surface area contributed by atoms with E-state index in [2.05, 4.69) is 20.3 Å². The number of aromatic amines is 1. The molecule has 1 N–H and O–H groups in total. The van der Waals surface area contributed by atoms with E-state index in [0.717, 1.165) is 12.3 Å². The molecule has 0 spiro atoms. The van der Waals surface area contributed by atoms with E-state index in [9.17, 15) is 22.8 Å². The van der Waals surface area contributed by atoms with Crippen molar-refractivity contribution in [1.29, 1.82) is 0 Å². The van der Waals surface area contributed by atoms with E-state index in [1.54, 1.807) is 22.7 Å². The predicted octanol–water partition coefficient (Wildman–Crippen LogP) is 2.16. The molecule has 13 heteroatoms. The molecule has 1 atom stereocenters. The number of amides is 1. The second-order valence-corrected chi connectivity index (χ2v) is 8.43. The Morgan fingerprint density at radius 2 is 1.94 bits per heavy atom. The molecule has 1 aliphatic rings. The highest BCUT2D eigenvalue weighted by atomic mass is 19.4. The first-order chi connectivity index (χ1) is 16.6. The summed E-state index contributed by atoms with van der Waals surface area (Å²) in [4.78, 5) is 32.0. The van der Waals surface area contributed by atoms with Crippen LogP contribution in [-0.4, -0.2) is 75.2 Å². The van der Waals surface area contributed by atoms with E-state index in [-0.39, 0.29) is 30.5 Å². The van der Waals surface area contributed by atoms with Crippen LogP contribution in [0.1, 0.15) is 30.6 Å². The van der Waals surface area contributed by atoms with E-state index in [0.29, 0.717) is 55.2 Å². The SMILES string of the molecule is Cc1nn(C(C)COCCC(=O)N2CCN(c3ccc(C(F)(F)F)cn3)CC2)c2cn[nH]c(=O)c12. The Labute approximate surface area is 198 Å². The average molecular weight is 493 g/mol. The van der Waals surface area contributed by atoms with Gasteiger partial charge in [0.2, 0.25) is 5.91 Å². The van der Waals surface area contributed by atoms with Crippen molar-refractivity contribution in [3.63, 3.8) is 0 Å². The van der Waals surface area contributed by atoms with Gasteiger partial charge in [-0.15, -0.1) is 0 Å². The average Bonchev–Trinajstić information content (AvgIpc) is 3.19. The number of aryl methyl sites for hydroxylation is 1. The molecule has 0 saturated carbocycles. The number of ether oxygens (including phenoxy) is 1. The number of pyridine rings is 1. The summed E-state index contributed by atoms with van der Waals surface area (Å²) in [6.07, 6.45) is -1.83. The van der Waals surface area contributed by atoms with Gasteiger partial charge in [-0.25, -0.2) is 10.1 Å². The number of hydrogen-bond acceptors (Lipinski definition) is 7. The van der Waals surface area contributed by atoms with Crippen LogP contribution in [0.25, 0.3) is 10.9 Å². The van der Waals surface area contributed by atoms with Crippen LogP contribution in [0.15, 0.2) is 29.3 Å². The molecule has 0 bridgehead atoms. The summed E-state index contributed by atoms with van der Waals surface area (Å²) >= 11 is 0. The lowest BCUT2D eigenvalue weighted by Gasteiger charge is -2.35. The molecule has 35 heavy (non-hydrogen) atoms. The number of rotatable bonds is 7. The Morgan fingerprint density at radius 1 is 1.20 bits per heavy atom. The van der Waals surface area contributed by atoms with Gasteiger partial charge in [-0.2, -0.15) is 23.4 Å². The quantitative estimate of drug-likeness (QED) is 0.503. The standard InChI is InChI=1S/C22H26F3N7O3/c1-14(32-17-12-27-28-21(34)20(17)15(2)29-32)13-35-10-5-19(33)31-8-6-30(7-9-31)18-4-3-16(11-26-18)22(23,24)25/h3-4,11-12,14H,5-10,13H2,1-2H3,(H,28,34). The number of anilines is 1. The molecule has 4 heterocycles. The molecular weight excluding hydrogens is 467 g/mol. The number of hydrogen-bond donors (Lipinski definition) is 1. The fourth-order valence-corrected chi connectivity index (χ4v) is 4.08. The smallest absolute Gasteiger partial charge is 0.379 e. The highest BCUT2D eigenvalue weighted by molar-refractivity contribution is 5.79. The minimum absolute atomic E-state index is 0.0474. The van der Waals surface area contributed by atoms with Crippen molar-refractivity contribution in [3.8, 4) is 0 Å². The lowest BCUT2D eigenvalue weighted by atomic mass is 10.2. The van der Waals surface area contributed by atoms with E-state index >= 15 is 0 Å². The van der Waals surface area contributed by atoms with Gasteiger partial charge >= 0.3 is 6.18 Å². The van der Waals surface area contributed by atoms with E-state index in [1.807, 2.05) is 11.8 Å². The van der Waals surface area contributed by atoms with Crippen molar-refractivity contribution in [1.82, 2.24) is 29.9 Å². The third kappa shape index (κ3) is 5.45. The molecule has 188 valence electrons. The normalized spacial score (nSPS) is 15.6. The molecule has 10 nitrogen and oxygen atoms in total. The molecule has 1 fully saturated rings. The zero-order valence-corrected chi connectivity index (χ0v) is 19.4. The summed E-state index contributed by atoms with van der Waals surface area (Å²) in [5.41, 5.74) is 0.153. The number of H-pyrrole nitrogens is 1. The summed E-state index contributed by atoms with van der Waals surface area (Å²) in [5.74, 6) is 0.412. The first-order valence-corrected chi connectivity index (χ1v) is 11.2. The van der Waals surface area contributed by atoms with Crippen LogP contribution in [0, 0.1) is 6.92 Å². The van der Waals surface area contributed by atoms with E-state index in [1.165, 1.54) is 6.07 Å². The molecule has 0 radical (unpaired) electrons. The Hall–Kier alpha value is -3.48. The highest BCUT2D eigenvalue weighted by Crippen LogP contribution is 2.29. The number of halogens is 3. The van der Waals surface area contributed by atoms with Crippen LogP contribution in [-0.2, 0) is 15.7 Å². The van der Waals surface area contributed by atoms with Crippen molar-refractivity contribution >= 4 is 22.6 Å². The summed E-state index contributed by atoms with van der Waals surface area (Å²) < 4.78 is 45.5. The van der Waals surface area contributed by atoms with Gasteiger partial charge in [0.15, 0.2) is 0 Å². The van der Waals surface area contributed by atoms with Crippen molar-refractivity contribution in [2.75, 3.05) is 44.3 Å². The molecule has 0 aromatic carbocycles. The van der Waals surface area contributed by atoms with Gasteiger partial charge in [0.05, 0.1) is 54.0 Å². The van der Waals surface area contributed by atoms with Crippen molar-refractivity contribution in [2.45, 2.75) is 32.5 Å². The lowest BCUT2D eigenvalue weighted by Crippen LogP contribution is -2.49. The van der Waals surface area contributed by atoms with Crippen molar-refractivity contribution < 1.29 is 22.7 Å². The van der Waals surface area contributed by atoms with Crippen molar-refractivity contribution in [2.24, 2.45) is 0 Å². The van der Waals surface area contributed by atoms with Gasteiger partial charge < -0.3 is 14.5 Å². The fraction of sp³-hybridized carbons (Fsp3) is 0.500. The zero-order chi connectivity index (χ0) is 25.2. The molecule has 1 saturated heterocycles. The number of carbonyl (C=O) groups excluding carboxylic acids is 1. The molecule has 1 amide bonds. The Kier molecular flexibility index (Phi) is 7.05. The summed E-state index contributed by atoms with van der Waals surface area (Å²) in [6.45, 7) is 6.10. The largest absolute Gasteiger partial charge is 0.417 e. The Bertz CT molecular complexity index is 1230. The maximum absolute atomic E-state index is 12.7.